The van der Waals surface area contributed by atoms with Crippen LogP contribution < -0.4 is 5.32 Å². The molecule has 1 N–H and O–H groups in total. The number of carbonyl (C=O) groups is 2. The third-order valence-electron chi connectivity index (χ3n) is 3.99. The zero-order valence-corrected chi connectivity index (χ0v) is 14.0. The van der Waals surface area contributed by atoms with Crippen molar-refractivity contribution in [1.82, 2.24) is 0 Å². The van der Waals surface area contributed by atoms with Crippen LogP contribution in [0.1, 0.15) is 22.8 Å². The monoisotopic (exact) mass is 333 g/mol. The van der Waals surface area contributed by atoms with Gasteiger partial charge in [-0.05, 0) is 41.0 Å². The van der Waals surface area contributed by atoms with Crippen LogP contribution in [-0.4, -0.2) is 18.5 Å². The molecule has 3 aromatic rings. The van der Waals surface area contributed by atoms with Gasteiger partial charge < -0.3 is 10.1 Å². The van der Waals surface area contributed by atoms with Crippen molar-refractivity contribution in [3.8, 4) is 0 Å². The lowest BCUT2D eigenvalue weighted by molar-refractivity contribution is -0.119. The predicted molar refractivity (Wildman–Crippen MR) is 98.7 cm³/mol. The van der Waals surface area contributed by atoms with Crippen molar-refractivity contribution in [2.45, 2.75) is 13.3 Å². The molecule has 126 valence electrons. The average molecular weight is 333 g/mol. The van der Waals surface area contributed by atoms with Gasteiger partial charge in [-0.2, -0.15) is 0 Å². The largest absolute Gasteiger partial charge is 0.452 e. The molecule has 4 nitrogen and oxygen atoms in total. The first-order valence-electron chi connectivity index (χ1n) is 8.21. The number of hydrogen-bond acceptors (Lipinski definition) is 3. The third-order valence-corrected chi connectivity index (χ3v) is 3.99. The molecular weight excluding hydrogens is 314 g/mol. The highest BCUT2D eigenvalue weighted by Crippen LogP contribution is 2.19. The van der Waals surface area contributed by atoms with Crippen molar-refractivity contribution in [3.63, 3.8) is 0 Å². The molecule has 4 heteroatoms. The van der Waals surface area contributed by atoms with E-state index in [1.807, 2.05) is 54.6 Å². The summed E-state index contributed by atoms with van der Waals surface area (Å²) < 4.78 is 5.16. The van der Waals surface area contributed by atoms with Crippen LogP contribution in [0.15, 0.2) is 66.7 Å². The first-order chi connectivity index (χ1) is 12.2. The summed E-state index contributed by atoms with van der Waals surface area (Å²) in [7, 11) is 0. The van der Waals surface area contributed by atoms with E-state index in [0.717, 1.165) is 17.2 Å². The molecule has 3 rings (SSSR count). The highest BCUT2D eigenvalue weighted by Gasteiger charge is 2.13. The lowest BCUT2D eigenvalue weighted by atomic mass is 10.1. The molecule has 25 heavy (non-hydrogen) atoms. The number of rotatable bonds is 5. The Bertz CT molecular complexity index is 895. The van der Waals surface area contributed by atoms with Gasteiger partial charge in [0.05, 0.1) is 5.56 Å². The molecule has 1 amide bonds. The molecule has 0 aliphatic rings. The highest BCUT2D eigenvalue weighted by atomic mass is 16.5. The van der Waals surface area contributed by atoms with Crippen LogP contribution in [0.2, 0.25) is 0 Å². The van der Waals surface area contributed by atoms with Gasteiger partial charge in [0, 0.05) is 5.69 Å². The standard InChI is InChI=1S/C21H19NO3/c1-2-15-10-12-17(13-11-15)22-20(23)14-25-21(24)19-9-5-7-16-6-3-4-8-18(16)19/h3-13H,2,14H2,1H3,(H,22,23). The number of hydrogen-bond donors (Lipinski definition) is 1. The second-order valence-corrected chi connectivity index (χ2v) is 5.70. The van der Waals surface area contributed by atoms with E-state index in [1.165, 1.54) is 5.56 Å². The summed E-state index contributed by atoms with van der Waals surface area (Å²) in [6, 6.07) is 20.6. The Morgan fingerprint density at radius 3 is 2.40 bits per heavy atom. The maximum atomic E-state index is 12.3. The van der Waals surface area contributed by atoms with E-state index < -0.39 is 5.97 Å². The average Bonchev–Trinajstić information content (AvgIpc) is 2.66. The molecule has 0 unspecified atom stereocenters. The second kappa shape index (κ2) is 7.62. The zero-order valence-electron chi connectivity index (χ0n) is 14.0. The number of nitrogens with one attached hydrogen (secondary N) is 1. The molecule has 0 saturated heterocycles. The fourth-order valence-electron chi connectivity index (χ4n) is 2.63. The van der Waals surface area contributed by atoms with Crippen LogP contribution >= 0.6 is 0 Å². The smallest absolute Gasteiger partial charge is 0.339 e. The SMILES string of the molecule is CCc1ccc(NC(=O)COC(=O)c2cccc3ccccc23)cc1. The van der Waals surface area contributed by atoms with Crippen LogP contribution in [0.3, 0.4) is 0 Å². The molecule has 0 aliphatic heterocycles. The van der Waals surface area contributed by atoms with E-state index in [9.17, 15) is 9.59 Å². The number of esters is 1. The Morgan fingerprint density at radius 2 is 1.64 bits per heavy atom. The number of anilines is 1. The first-order valence-corrected chi connectivity index (χ1v) is 8.21. The van der Waals surface area contributed by atoms with Gasteiger partial charge in [0.25, 0.3) is 5.91 Å². The summed E-state index contributed by atoms with van der Waals surface area (Å²) in [4.78, 5) is 24.3. The Balaban J connectivity index is 1.62. The van der Waals surface area contributed by atoms with Crippen molar-refractivity contribution in [2.75, 3.05) is 11.9 Å². The maximum absolute atomic E-state index is 12.3. The fourth-order valence-corrected chi connectivity index (χ4v) is 2.63. The second-order valence-electron chi connectivity index (χ2n) is 5.70. The number of benzene rings is 3. The van der Waals surface area contributed by atoms with Gasteiger partial charge in [-0.25, -0.2) is 4.79 Å². The summed E-state index contributed by atoms with van der Waals surface area (Å²) >= 11 is 0. The maximum Gasteiger partial charge on any atom is 0.339 e. The number of aryl methyl sites for hydroxylation is 1. The molecule has 0 bridgehead atoms. The minimum absolute atomic E-state index is 0.322. The molecule has 0 radical (unpaired) electrons. The van der Waals surface area contributed by atoms with Gasteiger partial charge in [0.1, 0.15) is 0 Å². The lowest BCUT2D eigenvalue weighted by Gasteiger charge is -2.09. The van der Waals surface area contributed by atoms with Crippen LogP contribution in [0.5, 0.6) is 0 Å². The first kappa shape index (κ1) is 16.7. The van der Waals surface area contributed by atoms with Gasteiger partial charge >= 0.3 is 5.97 Å². The zero-order chi connectivity index (χ0) is 17.6. The van der Waals surface area contributed by atoms with Crippen molar-refractivity contribution in [1.29, 1.82) is 0 Å². The number of ether oxygens (including phenoxy) is 1. The minimum Gasteiger partial charge on any atom is -0.452 e. The quantitative estimate of drug-likeness (QED) is 0.712. The highest BCUT2D eigenvalue weighted by molar-refractivity contribution is 6.05. The number of carbonyl (C=O) groups excluding carboxylic acids is 2. The Kier molecular flexibility index (Phi) is 5.09. The predicted octanol–water partition coefficient (Wildman–Crippen LogP) is 4.20. The van der Waals surface area contributed by atoms with E-state index in [-0.39, 0.29) is 12.5 Å². The Morgan fingerprint density at radius 1 is 0.920 bits per heavy atom. The molecule has 0 aliphatic carbocycles. The molecule has 0 fully saturated rings. The topological polar surface area (TPSA) is 55.4 Å². The molecule has 0 saturated carbocycles. The van der Waals surface area contributed by atoms with Crippen LogP contribution in [-0.2, 0) is 16.0 Å². The van der Waals surface area contributed by atoms with Crippen molar-refractivity contribution in [3.05, 3.63) is 77.9 Å². The van der Waals surface area contributed by atoms with Gasteiger partial charge in [-0.3, -0.25) is 4.79 Å². The van der Waals surface area contributed by atoms with E-state index in [0.29, 0.717) is 11.3 Å². The van der Waals surface area contributed by atoms with Crippen molar-refractivity contribution >= 4 is 28.3 Å². The van der Waals surface area contributed by atoms with E-state index in [4.69, 9.17) is 4.74 Å². The van der Waals surface area contributed by atoms with Crippen molar-refractivity contribution < 1.29 is 14.3 Å². The van der Waals surface area contributed by atoms with Gasteiger partial charge in [0.2, 0.25) is 0 Å². The molecule has 0 spiro atoms. The minimum atomic E-state index is -0.506. The normalized spacial score (nSPS) is 10.4. The Labute approximate surface area is 146 Å². The summed E-state index contributed by atoms with van der Waals surface area (Å²) in [5.74, 6) is -0.869. The van der Waals surface area contributed by atoms with E-state index >= 15 is 0 Å². The molecule has 3 aromatic carbocycles. The third kappa shape index (κ3) is 4.04. The van der Waals surface area contributed by atoms with Crippen molar-refractivity contribution in [2.24, 2.45) is 0 Å². The van der Waals surface area contributed by atoms with E-state index in [2.05, 4.69) is 12.2 Å². The van der Waals surface area contributed by atoms with Crippen LogP contribution in [0.4, 0.5) is 5.69 Å². The van der Waals surface area contributed by atoms with E-state index in [1.54, 1.807) is 12.1 Å². The van der Waals surface area contributed by atoms with Gasteiger partial charge in [0.15, 0.2) is 6.61 Å². The molecule has 0 aromatic heterocycles. The summed E-state index contributed by atoms with van der Waals surface area (Å²) in [6.45, 7) is 1.75. The van der Waals surface area contributed by atoms with Crippen LogP contribution in [0, 0.1) is 0 Å². The summed E-state index contributed by atoms with van der Waals surface area (Å²) in [6.07, 6.45) is 0.941. The molecule has 0 atom stereocenters. The molecule has 0 heterocycles. The molecular formula is C21H19NO3. The Hall–Kier alpha value is -3.14. The van der Waals surface area contributed by atoms with Gasteiger partial charge in [-0.15, -0.1) is 0 Å². The van der Waals surface area contributed by atoms with Crippen LogP contribution in [0.25, 0.3) is 10.8 Å². The summed E-state index contributed by atoms with van der Waals surface area (Å²) in [5, 5.41) is 4.49. The summed E-state index contributed by atoms with van der Waals surface area (Å²) in [5.41, 5.74) is 2.34. The number of amides is 1. The number of fused-ring (bicyclic) bond motifs is 1. The van der Waals surface area contributed by atoms with Gasteiger partial charge in [-0.1, -0.05) is 55.5 Å². The fraction of sp³-hybridized carbons (Fsp3) is 0.143. The lowest BCUT2D eigenvalue weighted by Crippen LogP contribution is -2.21.